The first-order chi connectivity index (χ1) is 9.88. The second-order valence-corrected chi connectivity index (χ2v) is 6.61. The van der Waals surface area contributed by atoms with Crippen molar-refractivity contribution in [2.45, 2.75) is 11.4 Å². The van der Waals surface area contributed by atoms with Crippen LogP contribution in [0.3, 0.4) is 0 Å². The van der Waals surface area contributed by atoms with E-state index in [-0.39, 0.29) is 11.4 Å². The number of hydrogen-bond acceptors (Lipinski definition) is 3. The van der Waals surface area contributed by atoms with Crippen LogP contribution in [0.1, 0.15) is 5.56 Å². The lowest BCUT2D eigenvalue weighted by Gasteiger charge is -2.13. The molecule has 2 rings (SSSR count). The predicted molar refractivity (Wildman–Crippen MR) is 81.2 cm³/mol. The maximum Gasteiger partial charge on any atom is 0.240 e. The fourth-order valence-corrected chi connectivity index (χ4v) is 2.86. The molecule has 2 aromatic carbocycles. The van der Waals surface area contributed by atoms with Gasteiger partial charge in [0.2, 0.25) is 10.0 Å². The Morgan fingerprint density at radius 1 is 1.10 bits per heavy atom. The maximum absolute atomic E-state index is 13.1. The minimum Gasteiger partial charge on any atom is -0.378 e. The third-order valence-electron chi connectivity index (χ3n) is 3.03. The number of nitrogens with zero attached hydrogens (tertiary/aromatic N) is 1. The van der Waals surface area contributed by atoms with Gasteiger partial charge in [0.05, 0.1) is 4.90 Å². The largest absolute Gasteiger partial charge is 0.378 e. The number of sulfonamides is 1. The molecule has 21 heavy (non-hydrogen) atoms. The molecule has 0 radical (unpaired) electrons. The SMILES string of the molecule is CN(C)c1ccc(CNS(=O)(=O)c2cccc(F)c2)cc1. The topological polar surface area (TPSA) is 49.4 Å². The number of hydrogen-bond donors (Lipinski definition) is 1. The molecule has 0 aliphatic rings. The molecule has 4 nitrogen and oxygen atoms in total. The Labute approximate surface area is 124 Å². The van der Waals surface area contributed by atoms with Gasteiger partial charge in [-0.2, -0.15) is 0 Å². The van der Waals surface area contributed by atoms with Crippen molar-refractivity contribution in [2.24, 2.45) is 0 Å². The van der Waals surface area contributed by atoms with Crippen molar-refractivity contribution in [1.82, 2.24) is 4.72 Å². The molecule has 0 atom stereocenters. The van der Waals surface area contributed by atoms with Crippen LogP contribution in [-0.4, -0.2) is 22.5 Å². The van der Waals surface area contributed by atoms with Crippen molar-refractivity contribution in [2.75, 3.05) is 19.0 Å². The lowest BCUT2D eigenvalue weighted by Crippen LogP contribution is -2.23. The molecule has 1 N–H and O–H groups in total. The first-order valence-electron chi connectivity index (χ1n) is 6.40. The minimum atomic E-state index is -3.71. The van der Waals surface area contributed by atoms with E-state index in [0.29, 0.717) is 0 Å². The lowest BCUT2D eigenvalue weighted by molar-refractivity contribution is 0.577. The predicted octanol–water partition coefficient (Wildman–Crippen LogP) is 2.37. The summed E-state index contributed by atoms with van der Waals surface area (Å²) in [4.78, 5) is 1.88. The first kappa shape index (κ1) is 15.5. The second-order valence-electron chi connectivity index (χ2n) is 4.84. The molecule has 6 heteroatoms. The highest BCUT2D eigenvalue weighted by atomic mass is 32.2. The summed E-state index contributed by atoms with van der Waals surface area (Å²) >= 11 is 0. The van der Waals surface area contributed by atoms with E-state index >= 15 is 0 Å². The maximum atomic E-state index is 13.1. The third kappa shape index (κ3) is 4.03. The van der Waals surface area contributed by atoms with E-state index in [9.17, 15) is 12.8 Å². The molecule has 0 spiro atoms. The summed E-state index contributed by atoms with van der Waals surface area (Å²) in [6, 6.07) is 12.5. The highest BCUT2D eigenvalue weighted by molar-refractivity contribution is 7.89. The number of anilines is 1. The van der Waals surface area contributed by atoms with Crippen molar-refractivity contribution in [3.63, 3.8) is 0 Å². The molecule has 0 bridgehead atoms. The molecular formula is C15H17FN2O2S. The molecule has 0 aromatic heterocycles. The van der Waals surface area contributed by atoms with E-state index in [1.165, 1.54) is 18.2 Å². The van der Waals surface area contributed by atoms with Crippen LogP contribution in [0.5, 0.6) is 0 Å². The number of halogens is 1. The number of benzene rings is 2. The minimum absolute atomic E-state index is 0.0765. The van der Waals surface area contributed by atoms with Gasteiger partial charge in [-0.15, -0.1) is 0 Å². The highest BCUT2D eigenvalue weighted by Crippen LogP contribution is 2.14. The van der Waals surface area contributed by atoms with Crippen LogP contribution in [-0.2, 0) is 16.6 Å². The Morgan fingerprint density at radius 3 is 2.33 bits per heavy atom. The van der Waals surface area contributed by atoms with Gasteiger partial charge in [0.1, 0.15) is 5.82 Å². The Hall–Kier alpha value is -1.92. The van der Waals surface area contributed by atoms with Gasteiger partial charge in [-0.1, -0.05) is 18.2 Å². The van der Waals surface area contributed by atoms with Crippen LogP contribution in [0.2, 0.25) is 0 Å². The zero-order chi connectivity index (χ0) is 15.5. The van der Waals surface area contributed by atoms with Gasteiger partial charge in [-0.25, -0.2) is 17.5 Å². The Bertz CT molecular complexity index is 713. The summed E-state index contributed by atoms with van der Waals surface area (Å²) in [5, 5.41) is 0. The zero-order valence-electron chi connectivity index (χ0n) is 11.9. The molecule has 112 valence electrons. The smallest absolute Gasteiger partial charge is 0.240 e. The normalized spacial score (nSPS) is 11.4. The van der Waals surface area contributed by atoms with Crippen LogP contribution >= 0.6 is 0 Å². The summed E-state index contributed by atoms with van der Waals surface area (Å²) in [6.07, 6.45) is 0. The Balaban J connectivity index is 2.08. The van der Waals surface area contributed by atoms with E-state index in [1.807, 2.05) is 43.3 Å². The lowest BCUT2D eigenvalue weighted by atomic mass is 10.2. The van der Waals surface area contributed by atoms with E-state index in [2.05, 4.69) is 4.72 Å². The van der Waals surface area contributed by atoms with Crippen LogP contribution in [0.25, 0.3) is 0 Å². The molecule has 0 heterocycles. The fourth-order valence-electron chi connectivity index (χ4n) is 1.81. The van der Waals surface area contributed by atoms with Gasteiger partial charge < -0.3 is 4.90 Å². The third-order valence-corrected chi connectivity index (χ3v) is 4.42. The van der Waals surface area contributed by atoms with Gasteiger partial charge >= 0.3 is 0 Å². The summed E-state index contributed by atoms with van der Waals surface area (Å²) < 4.78 is 39.6. The molecule has 0 unspecified atom stereocenters. The summed E-state index contributed by atoms with van der Waals surface area (Å²) in [5.41, 5.74) is 1.87. The molecule has 0 saturated heterocycles. The van der Waals surface area contributed by atoms with Gasteiger partial charge in [0, 0.05) is 26.3 Å². The van der Waals surface area contributed by atoms with Crippen molar-refractivity contribution in [3.05, 3.63) is 59.9 Å². The number of nitrogens with one attached hydrogen (secondary N) is 1. The van der Waals surface area contributed by atoms with E-state index in [1.54, 1.807) is 0 Å². The Kier molecular flexibility index (Phi) is 4.59. The average Bonchev–Trinajstić information content (AvgIpc) is 2.45. The van der Waals surface area contributed by atoms with Gasteiger partial charge in [0.25, 0.3) is 0 Å². The van der Waals surface area contributed by atoms with Gasteiger partial charge in [-0.05, 0) is 35.9 Å². The first-order valence-corrected chi connectivity index (χ1v) is 7.88. The van der Waals surface area contributed by atoms with Gasteiger partial charge in [0.15, 0.2) is 0 Å². The van der Waals surface area contributed by atoms with Gasteiger partial charge in [-0.3, -0.25) is 0 Å². The van der Waals surface area contributed by atoms with Crippen LogP contribution < -0.4 is 9.62 Å². The number of rotatable bonds is 5. The molecule has 0 aliphatic heterocycles. The molecular weight excluding hydrogens is 291 g/mol. The van der Waals surface area contributed by atoms with E-state index < -0.39 is 15.8 Å². The van der Waals surface area contributed by atoms with Crippen LogP contribution in [0, 0.1) is 5.82 Å². The zero-order valence-corrected chi connectivity index (χ0v) is 12.7. The quantitative estimate of drug-likeness (QED) is 0.922. The van der Waals surface area contributed by atoms with Crippen molar-refractivity contribution < 1.29 is 12.8 Å². The standard InChI is InChI=1S/C15H17FN2O2S/c1-18(2)14-8-6-12(7-9-14)11-17-21(19,20)15-5-3-4-13(16)10-15/h3-10,17H,11H2,1-2H3. The van der Waals surface area contributed by atoms with Crippen LogP contribution in [0.4, 0.5) is 10.1 Å². The molecule has 0 saturated carbocycles. The van der Waals surface area contributed by atoms with Crippen LogP contribution in [0.15, 0.2) is 53.4 Å². The Morgan fingerprint density at radius 2 is 1.76 bits per heavy atom. The summed E-state index contributed by atoms with van der Waals surface area (Å²) in [5.74, 6) is -0.576. The van der Waals surface area contributed by atoms with E-state index in [0.717, 1.165) is 17.3 Å². The average molecular weight is 308 g/mol. The van der Waals surface area contributed by atoms with Crippen molar-refractivity contribution >= 4 is 15.7 Å². The molecule has 0 amide bonds. The fraction of sp³-hybridized carbons (Fsp3) is 0.200. The molecule has 2 aromatic rings. The van der Waals surface area contributed by atoms with Crippen molar-refractivity contribution in [3.8, 4) is 0 Å². The second kappa shape index (κ2) is 6.24. The summed E-state index contributed by atoms with van der Waals surface area (Å²) in [7, 11) is 0.157. The highest BCUT2D eigenvalue weighted by Gasteiger charge is 2.14. The molecule has 0 aliphatic carbocycles. The van der Waals surface area contributed by atoms with E-state index in [4.69, 9.17) is 0 Å². The monoisotopic (exact) mass is 308 g/mol. The molecule has 0 fully saturated rings. The van der Waals surface area contributed by atoms with Crippen molar-refractivity contribution in [1.29, 1.82) is 0 Å². The summed E-state index contributed by atoms with van der Waals surface area (Å²) in [6.45, 7) is 0.159.